The van der Waals surface area contributed by atoms with E-state index >= 15 is 0 Å². The molecular formula is C23H20BrN3O3. The maximum absolute atomic E-state index is 13.3. The Morgan fingerprint density at radius 1 is 0.967 bits per heavy atom. The van der Waals surface area contributed by atoms with Crippen molar-refractivity contribution in [1.82, 2.24) is 9.66 Å². The lowest BCUT2D eigenvalue weighted by atomic mass is 10.1. The number of hydrogen-bond acceptors (Lipinski definition) is 5. The molecule has 6 nitrogen and oxygen atoms in total. The van der Waals surface area contributed by atoms with Gasteiger partial charge in [0.25, 0.3) is 5.56 Å². The Morgan fingerprint density at radius 2 is 1.63 bits per heavy atom. The van der Waals surface area contributed by atoms with Crippen LogP contribution in [0.2, 0.25) is 0 Å². The molecule has 0 aliphatic carbocycles. The molecule has 0 radical (unpaired) electrons. The fourth-order valence-corrected chi connectivity index (χ4v) is 3.45. The van der Waals surface area contributed by atoms with Gasteiger partial charge in [-0.3, -0.25) is 4.79 Å². The molecule has 0 spiro atoms. The van der Waals surface area contributed by atoms with E-state index in [1.165, 1.54) is 4.68 Å². The summed E-state index contributed by atoms with van der Waals surface area (Å²) in [4.78, 5) is 18.1. The van der Waals surface area contributed by atoms with Crippen LogP contribution in [0.15, 0.2) is 76.0 Å². The maximum atomic E-state index is 13.3. The van der Waals surface area contributed by atoms with Crippen molar-refractivity contribution in [2.75, 3.05) is 19.6 Å². The van der Waals surface area contributed by atoms with Gasteiger partial charge < -0.3 is 14.9 Å². The van der Waals surface area contributed by atoms with E-state index in [-0.39, 0.29) is 5.56 Å². The number of ether oxygens (including phenoxy) is 2. The highest BCUT2D eigenvalue weighted by Crippen LogP contribution is 2.29. The molecule has 7 heteroatoms. The first kappa shape index (κ1) is 20.0. The van der Waals surface area contributed by atoms with Crippen molar-refractivity contribution in [3.63, 3.8) is 0 Å². The minimum absolute atomic E-state index is 0.172. The molecule has 0 aliphatic heterocycles. The summed E-state index contributed by atoms with van der Waals surface area (Å²) in [5.74, 6) is 1.71. The van der Waals surface area contributed by atoms with Gasteiger partial charge in [0.15, 0.2) is 5.82 Å². The number of halogens is 1. The first-order chi connectivity index (χ1) is 14.6. The summed E-state index contributed by atoms with van der Waals surface area (Å²) in [6, 6.07) is 20.7. The summed E-state index contributed by atoms with van der Waals surface area (Å²) in [7, 11) is 3.18. The highest BCUT2D eigenvalue weighted by molar-refractivity contribution is 9.10. The van der Waals surface area contributed by atoms with E-state index in [1.54, 1.807) is 26.4 Å². The third-order valence-corrected chi connectivity index (χ3v) is 5.27. The van der Waals surface area contributed by atoms with Gasteiger partial charge in [-0.25, -0.2) is 9.66 Å². The van der Waals surface area contributed by atoms with Crippen molar-refractivity contribution in [3.05, 3.63) is 87.1 Å². The second-order valence-electron chi connectivity index (χ2n) is 6.66. The Balaban J connectivity index is 1.86. The van der Waals surface area contributed by atoms with Gasteiger partial charge in [0, 0.05) is 16.1 Å². The van der Waals surface area contributed by atoms with Crippen LogP contribution in [0.4, 0.5) is 0 Å². The second-order valence-corrected chi connectivity index (χ2v) is 7.57. The predicted octanol–water partition coefficient (Wildman–Crippen LogP) is 4.59. The van der Waals surface area contributed by atoms with E-state index in [0.717, 1.165) is 10.0 Å². The monoisotopic (exact) mass is 465 g/mol. The summed E-state index contributed by atoms with van der Waals surface area (Å²) in [6.45, 7) is 0.460. The number of hydrogen-bond donors (Lipinski definition) is 1. The molecule has 1 aromatic heterocycles. The van der Waals surface area contributed by atoms with Crippen LogP contribution in [-0.2, 0) is 6.54 Å². The summed E-state index contributed by atoms with van der Waals surface area (Å²) in [5.41, 5.74) is 5.42. The van der Waals surface area contributed by atoms with E-state index in [4.69, 9.17) is 14.5 Å². The third-order valence-electron chi connectivity index (χ3n) is 4.74. The SMILES string of the molecule is COc1cc(OC)cc(-c2nc3ccccc3c(=O)n2NCc2ccc(Br)cc2)c1. The molecule has 0 aliphatic rings. The molecular weight excluding hydrogens is 446 g/mol. The number of para-hydroxylation sites is 1. The minimum Gasteiger partial charge on any atom is -0.497 e. The first-order valence-corrected chi connectivity index (χ1v) is 10.1. The molecule has 0 fully saturated rings. The van der Waals surface area contributed by atoms with Gasteiger partial charge in [0.05, 0.1) is 31.7 Å². The van der Waals surface area contributed by atoms with Crippen LogP contribution in [0.25, 0.3) is 22.3 Å². The average Bonchev–Trinajstić information content (AvgIpc) is 2.79. The number of rotatable bonds is 6. The quantitative estimate of drug-likeness (QED) is 0.451. The van der Waals surface area contributed by atoms with E-state index < -0.39 is 0 Å². The zero-order chi connectivity index (χ0) is 21.1. The molecule has 0 amide bonds. The van der Waals surface area contributed by atoms with E-state index in [9.17, 15) is 4.79 Å². The van der Waals surface area contributed by atoms with Crippen molar-refractivity contribution < 1.29 is 9.47 Å². The van der Waals surface area contributed by atoms with E-state index in [1.807, 2.05) is 54.6 Å². The number of benzene rings is 3. The van der Waals surface area contributed by atoms with Crippen molar-refractivity contribution in [2.24, 2.45) is 0 Å². The smallest absolute Gasteiger partial charge is 0.280 e. The Morgan fingerprint density at radius 3 is 2.30 bits per heavy atom. The first-order valence-electron chi connectivity index (χ1n) is 9.32. The second kappa shape index (κ2) is 8.59. The summed E-state index contributed by atoms with van der Waals surface area (Å²) in [6.07, 6.45) is 0. The molecule has 30 heavy (non-hydrogen) atoms. The average molecular weight is 466 g/mol. The van der Waals surface area contributed by atoms with Crippen molar-refractivity contribution in [1.29, 1.82) is 0 Å². The normalized spacial score (nSPS) is 10.8. The molecule has 0 unspecified atom stereocenters. The van der Waals surface area contributed by atoms with Gasteiger partial charge in [0.1, 0.15) is 11.5 Å². The minimum atomic E-state index is -0.172. The van der Waals surface area contributed by atoms with Crippen LogP contribution >= 0.6 is 15.9 Å². The molecule has 4 aromatic rings. The Kier molecular flexibility index (Phi) is 5.72. The number of fused-ring (bicyclic) bond motifs is 1. The van der Waals surface area contributed by atoms with Crippen molar-refractivity contribution in [3.8, 4) is 22.9 Å². The number of nitrogens with zero attached hydrogens (tertiary/aromatic N) is 2. The maximum Gasteiger partial charge on any atom is 0.280 e. The van der Waals surface area contributed by atoms with E-state index in [2.05, 4.69) is 21.4 Å². The molecule has 0 saturated carbocycles. The lowest BCUT2D eigenvalue weighted by Crippen LogP contribution is -2.31. The van der Waals surface area contributed by atoms with Crippen LogP contribution in [0.1, 0.15) is 5.56 Å². The Bertz CT molecular complexity index is 1230. The third kappa shape index (κ3) is 4.02. The summed E-state index contributed by atoms with van der Waals surface area (Å²) < 4.78 is 13.3. The van der Waals surface area contributed by atoms with Crippen LogP contribution in [0.3, 0.4) is 0 Å². The zero-order valence-electron chi connectivity index (χ0n) is 16.6. The highest BCUT2D eigenvalue weighted by Gasteiger charge is 2.15. The summed E-state index contributed by atoms with van der Waals surface area (Å²) >= 11 is 3.44. The van der Waals surface area contributed by atoms with Crippen molar-refractivity contribution in [2.45, 2.75) is 6.54 Å². The zero-order valence-corrected chi connectivity index (χ0v) is 18.1. The molecule has 0 saturated heterocycles. The molecule has 1 N–H and O–H groups in total. The van der Waals surface area contributed by atoms with Crippen LogP contribution < -0.4 is 20.5 Å². The van der Waals surface area contributed by atoms with Crippen LogP contribution in [-0.4, -0.2) is 23.9 Å². The van der Waals surface area contributed by atoms with Crippen molar-refractivity contribution >= 4 is 26.8 Å². The molecule has 3 aromatic carbocycles. The molecule has 4 rings (SSSR count). The number of aromatic nitrogens is 2. The van der Waals surface area contributed by atoms with Crippen LogP contribution in [0, 0.1) is 0 Å². The molecule has 1 heterocycles. The topological polar surface area (TPSA) is 65.4 Å². The molecule has 0 atom stereocenters. The van der Waals surface area contributed by atoms with Gasteiger partial charge in [-0.2, -0.15) is 0 Å². The molecule has 0 bridgehead atoms. The Labute approximate surface area is 182 Å². The van der Waals surface area contributed by atoms with Crippen LogP contribution in [0.5, 0.6) is 11.5 Å². The number of methoxy groups -OCH3 is 2. The number of nitrogens with one attached hydrogen (secondary N) is 1. The van der Waals surface area contributed by atoms with Gasteiger partial charge in [-0.15, -0.1) is 0 Å². The molecule has 152 valence electrons. The lowest BCUT2D eigenvalue weighted by Gasteiger charge is -2.17. The lowest BCUT2D eigenvalue weighted by molar-refractivity contribution is 0.394. The largest absolute Gasteiger partial charge is 0.497 e. The Hall–Kier alpha value is -3.32. The van der Waals surface area contributed by atoms with E-state index in [0.29, 0.717) is 40.3 Å². The highest BCUT2D eigenvalue weighted by atomic mass is 79.9. The predicted molar refractivity (Wildman–Crippen MR) is 122 cm³/mol. The van der Waals surface area contributed by atoms with Gasteiger partial charge in [-0.05, 0) is 42.0 Å². The fraction of sp³-hybridized carbons (Fsp3) is 0.130. The van der Waals surface area contributed by atoms with Gasteiger partial charge in [-0.1, -0.05) is 40.2 Å². The van der Waals surface area contributed by atoms with Gasteiger partial charge in [0.2, 0.25) is 0 Å². The fourth-order valence-electron chi connectivity index (χ4n) is 3.18. The summed E-state index contributed by atoms with van der Waals surface area (Å²) in [5, 5.41) is 0.541. The standard InChI is InChI=1S/C23H20BrN3O3/c1-29-18-11-16(12-19(13-18)30-2)22-26-21-6-4-3-5-20(21)23(28)27(22)25-14-15-7-9-17(24)10-8-15/h3-13,25H,14H2,1-2H3. The van der Waals surface area contributed by atoms with Gasteiger partial charge >= 0.3 is 0 Å².